The molecule has 0 aliphatic heterocycles. The van der Waals surface area contributed by atoms with Gasteiger partial charge in [-0.15, -0.1) is 0 Å². The number of carbonyl (C=O) groups is 1. The summed E-state index contributed by atoms with van der Waals surface area (Å²) >= 11 is 5.95. The minimum Gasteiger partial charge on any atom is -0.496 e. The number of benzene rings is 1. The Morgan fingerprint density at radius 3 is 2.75 bits per heavy atom. The van der Waals surface area contributed by atoms with E-state index in [9.17, 15) is 4.79 Å². The predicted molar refractivity (Wildman–Crippen MR) is 79.0 cm³/mol. The van der Waals surface area contributed by atoms with E-state index >= 15 is 0 Å². The molecule has 0 aliphatic rings. The van der Waals surface area contributed by atoms with E-state index in [1.807, 2.05) is 13.8 Å². The quantitative estimate of drug-likeness (QED) is 0.808. The van der Waals surface area contributed by atoms with Gasteiger partial charge >= 0.3 is 0 Å². The number of hydrogen-bond donors (Lipinski definition) is 0. The van der Waals surface area contributed by atoms with Crippen LogP contribution in [0.4, 0.5) is 0 Å². The monoisotopic (exact) mass is 294 g/mol. The maximum absolute atomic E-state index is 12.6. The highest BCUT2D eigenvalue weighted by Gasteiger charge is 2.20. The number of nitriles is 1. The molecule has 0 aliphatic carbocycles. The SMILES string of the molecule is COc1ccc(Cl)cc1C(=O)N(CCC#N)CC(C)C. The van der Waals surface area contributed by atoms with Gasteiger partial charge in [-0.2, -0.15) is 5.26 Å². The van der Waals surface area contributed by atoms with Crippen LogP contribution in [0.15, 0.2) is 18.2 Å². The Balaban J connectivity index is 3.04. The van der Waals surface area contributed by atoms with Crippen molar-refractivity contribution in [2.24, 2.45) is 5.92 Å². The molecule has 0 aromatic heterocycles. The second-order valence-corrected chi connectivity index (χ2v) is 5.33. The van der Waals surface area contributed by atoms with Crippen LogP contribution in [0.3, 0.4) is 0 Å². The first-order valence-corrected chi connectivity index (χ1v) is 6.87. The second kappa shape index (κ2) is 7.76. The van der Waals surface area contributed by atoms with Crippen LogP contribution in [0.5, 0.6) is 5.75 Å². The van der Waals surface area contributed by atoms with Gasteiger partial charge in [0.05, 0.1) is 25.2 Å². The van der Waals surface area contributed by atoms with Gasteiger partial charge in [-0.3, -0.25) is 4.79 Å². The maximum atomic E-state index is 12.6. The molecule has 4 nitrogen and oxygen atoms in total. The molecule has 0 heterocycles. The van der Waals surface area contributed by atoms with E-state index in [4.69, 9.17) is 21.6 Å². The topological polar surface area (TPSA) is 53.3 Å². The Morgan fingerprint density at radius 2 is 2.20 bits per heavy atom. The number of nitrogens with zero attached hydrogens (tertiary/aromatic N) is 2. The van der Waals surface area contributed by atoms with Crippen molar-refractivity contribution in [1.82, 2.24) is 4.90 Å². The zero-order chi connectivity index (χ0) is 15.1. The Labute approximate surface area is 124 Å². The van der Waals surface area contributed by atoms with Crippen LogP contribution in [-0.4, -0.2) is 31.0 Å². The molecule has 1 rings (SSSR count). The molecule has 1 aromatic carbocycles. The van der Waals surface area contributed by atoms with E-state index in [0.29, 0.717) is 41.8 Å². The molecule has 1 amide bonds. The summed E-state index contributed by atoms with van der Waals surface area (Å²) < 4.78 is 5.21. The molecule has 5 heteroatoms. The zero-order valence-electron chi connectivity index (χ0n) is 12.0. The highest BCUT2D eigenvalue weighted by atomic mass is 35.5. The summed E-state index contributed by atoms with van der Waals surface area (Å²) in [6.07, 6.45) is 0.307. The molecule has 0 atom stereocenters. The van der Waals surface area contributed by atoms with Crippen molar-refractivity contribution >= 4 is 17.5 Å². The van der Waals surface area contributed by atoms with Gasteiger partial charge in [-0.05, 0) is 24.1 Å². The van der Waals surface area contributed by atoms with Crippen LogP contribution in [0.1, 0.15) is 30.6 Å². The molecular weight excluding hydrogens is 276 g/mol. The van der Waals surface area contributed by atoms with Gasteiger partial charge in [0.25, 0.3) is 5.91 Å². The molecular formula is C15H19ClN2O2. The van der Waals surface area contributed by atoms with E-state index in [1.165, 1.54) is 7.11 Å². The van der Waals surface area contributed by atoms with E-state index < -0.39 is 0 Å². The van der Waals surface area contributed by atoms with Crippen LogP contribution in [0.2, 0.25) is 5.02 Å². The number of carbonyl (C=O) groups excluding carboxylic acids is 1. The van der Waals surface area contributed by atoms with Crippen LogP contribution >= 0.6 is 11.6 Å². The van der Waals surface area contributed by atoms with Crippen molar-refractivity contribution in [3.8, 4) is 11.8 Å². The van der Waals surface area contributed by atoms with Crippen molar-refractivity contribution in [3.63, 3.8) is 0 Å². The molecule has 0 radical (unpaired) electrons. The molecule has 0 saturated carbocycles. The fourth-order valence-corrected chi connectivity index (χ4v) is 2.09. The summed E-state index contributed by atoms with van der Waals surface area (Å²) in [6.45, 7) is 5.06. The molecule has 108 valence electrons. The lowest BCUT2D eigenvalue weighted by Gasteiger charge is -2.24. The van der Waals surface area contributed by atoms with Crippen LogP contribution < -0.4 is 4.74 Å². The molecule has 0 spiro atoms. The van der Waals surface area contributed by atoms with Gasteiger partial charge in [0.1, 0.15) is 5.75 Å². The third-order valence-electron chi connectivity index (χ3n) is 2.76. The normalized spacial score (nSPS) is 10.2. The van der Waals surface area contributed by atoms with Gasteiger partial charge in [-0.25, -0.2) is 0 Å². The largest absolute Gasteiger partial charge is 0.496 e. The van der Waals surface area contributed by atoms with Crippen molar-refractivity contribution in [2.75, 3.05) is 20.2 Å². The molecule has 0 saturated heterocycles. The third-order valence-corrected chi connectivity index (χ3v) is 2.99. The first-order valence-electron chi connectivity index (χ1n) is 6.49. The van der Waals surface area contributed by atoms with Gasteiger partial charge in [0, 0.05) is 18.1 Å². The van der Waals surface area contributed by atoms with Gasteiger partial charge < -0.3 is 9.64 Å². The maximum Gasteiger partial charge on any atom is 0.257 e. The van der Waals surface area contributed by atoms with Gasteiger partial charge in [0.2, 0.25) is 0 Å². The summed E-state index contributed by atoms with van der Waals surface area (Å²) in [6, 6.07) is 7.02. The summed E-state index contributed by atoms with van der Waals surface area (Å²) in [7, 11) is 1.52. The van der Waals surface area contributed by atoms with Crippen LogP contribution in [0.25, 0.3) is 0 Å². The summed E-state index contributed by atoms with van der Waals surface area (Å²) in [5, 5.41) is 9.20. The molecule has 0 N–H and O–H groups in total. The average molecular weight is 295 g/mol. The fraction of sp³-hybridized carbons (Fsp3) is 0.467. The molecule has 0 unspecified atom stereocenters. The Bertz CT molecular complexity index is 509. The van der Waals surface area contributed by atoms with Crippen molar-refractivity contribution in [3.05, 3.63) is 28.8 Å². The van der Waals surface area contributed by atoms with Gasteiger partial charge in [0.15, 0.2) is 0 Å². The summed E-state index contributed by atoms with van der Waals surface area (Å²) in [4.78, 5) is 14.3. The van der Waals surface area contributed by atoms with Crippen molar-refractivity contribution < 1.29 is 9.53 Å². The lowest BCUT2D eigenvalue weighted by atomic mass is 10.1. The zero-order valence-corrected chi connectivity index (χ0v) is 12.8. The number of rotatable bonds is 6. The minimum absolute atomic E-state index is 0.159. The minimum atomic E-state index is -0.159. The summed E-state index contributed by atoms with van der Waals surface area (Å²) in [5.74, 6) is 0.654. The van der Waals surface area contributed by atoms with Crippen molar-refractivity contribution in [1.29, 1.82) is 5.26 Å². The third kappa shape index (κ3) is 4.43. The van der Waals surface area contributed by atoms with E-state index in [-0.39, 0.29) is 5.91 Å². The predicted octanol–water partition coefficient (Wildman–Crippen LogP) is 3.36. The number of hydrogen-bond acceptors (Lipinski definition) is 3. The van der Waals surface area contributed by atoms with Crippen LogP contribution in [0, 0.1) is 17.2 Å². The lowest BCUT2D eigenvalue weighted by Crippen LogP contribution is -2.35. The van der Waals surface area contributed by atoms with Crippen LogP contribution in [-0.2, 0) is 0 Å². The highest BCUT2D eigenvalue weighted by molar-refractivity contribution is 6.31. The number of amides is 1. The average Bonchev–Trinajstić information content (AvgIpc) is 2.42. The molecule has 0 fully saturated rings. The molecule has 0 bridgehead atoms. The first-order chi connectivity index (χ1) is 9.49. The Hall–Kier alpha value is -1.73. The van der Waals surface area contributed by atoms with E-state index in [0.717, 1.165) is 0 Å². The smallest absolute Gasteiger partial charge is 0.257 e. The lowest BCUT2D eigenvalue weighted by molar-refractivity contribution is 0.0736. The fourth-order valence-electron chi connectivity index (χ4n) is 1.92. The van der Waals surface area contributed by atoms with E-state index in [2.05, 4.69) is 6.07 Å². The number of halogens is 1. The number of ether oxygens (including phenoxy) is 1. The highest BCUT2D eigenvalue weighted by Crippen LogP contribution is 2.24. The molecule has 20 heavy (non-hydrogen) atoms. The first kappa shape index (κ1) is 16.3. The van der Waals surface area contributed by atoms with E-state index in [1.54, 1.807) is 23.1 Å². The molecule has 1 aromatic rings. The number of methoxy groups -OCH3 is 1. The Kier molecular flexibility index (Phi) is 6.33. The Morgan fingerprint density at radius 1 is 1.50 bits per heavy atom. The standard InChI is InChI=1S/C15H19ClN2O2/c1-11(2)10-18(8-4-7-17)15(19)13-9-12(16)5-6-14(13)20-3/h5-6,9,11H,4,8,10H2,1-3H3. The second-order valence-electron chi connectivity index (χ2n) is 4.90. The summed E-state index contributed by atoms with van der Waals surface area (Å²) in [5.41, 5.74) is 0.429. The van der Waals surface area contributed by atoms with Crippen molar-refractivity contribution in [2.45, 2.75) is 20.3 Å². The van der Waals surface area contributed by atoms with Gasteiger partial charge in [-0.1, -0.05) is 25.4 Å².